The number of rotatable bonds is 4. The molecule has 1 aromatic carbocycles. The predicted molar refractivity (Wildman–Crippen MR) is 87.2 cm³/mol. The molecule has 2 rings (SSSR count). The van der Waals surface area contributed by atoms with E-state index in [0.29, 0.717) is 17.4 Å². The Morgan fingerprint density at radius 1 is 1.30 bits per heavy atom. The summed E-state index contributed by atoms with van der Waals surface area (Å²) in [4.78, 5) is 24.0. The van der Waals surface area contributed by atoms with Crippen molar-refractivity contribution in [3.05, 3.63) is 29.3 Å². The molecular formula is C18H25NO4. The van der Waals surface area contributed by atoms with Gasteiger partial charge in [0, 0.05) is 6.04 Å². The number of amides is 1. The third kappa shape index (κ3) is 4.24. The number of nitrogens with one attached hydrogen (secondary N) is 1. The number of aryl methyl sites for hydroxylation is 1. The Morgan fingerprint density at radius 2 is 2.04 bits per heavy atom. The molecule has 5 nitrogen and oxygen atoms in total. The quantitative estimate of drug-likeness (QED) is 0.837. The number of aromatic hydroxyl groups is 1. The van der Waals surface area contributed by atoms with Crippen molar-refractivity contribution >= 4 is 11.9 Å². The van der Waals surface area contributed by atoms with Crippen LogP contribution in [0.4, 0.5) is 0 Å². The van der Waals surface area contributed by atoms with Gasteiger partial charge in [0.1, 0.15) is 11.3 Å². The van der Waals surface area contributed by atoms with Gasteiger partial charge in [-0.2, -0.15) is 0 Å². The van der Waals surface area contributed by atoms with Gasteiger partial charge in [-0.3, -0.25) is 4.79 Å². The fourth-order valence-corrected chi connectivity index (χ4v) is 3.07. The highest BCUT2D eigenvalue weighted by Crippen LogP contribution is 2.29. The number of hydrogen-bond acceptors (Lipinski definition) is 4. The molecule has 0 aromatic heterocycles. The average Bonchev–Trinajstić information content (AvgIpc) is 2.52. The van der Waals surface area contributed by atoms with E-state index < -0.39 is 5.97 Å². The van der Waals surface area contributed by atoms with E-state index in [4.69, 9.17) is 4.74 Å². The van der Waals surface area contributed by atoms with E-state index in [1.165, 1.54) is 12.5 Å². The van der Waals surface area contributed by atoms with Crippen LogP contribution in [-0.4, -0.2) is 29.6 Å². The first-order valence-electron chi connectivity index (χ1n) is 8.15. The van der Waals surface area contributed by atoms with Crippen LogP contribution in [-0.2, 0) is 9.53 Å². The Labute approximate surface area is 137 Å². The highest BCUT2D eigenvalue weighted by atomic mass is 16.5. The highest BCUT2D eigenvalue weighted by molar-refractivity contribution is 5.94. The molecular weight excluding hydrogens is 294 g/mol. The topological polar surface area (TPSA) is 75.6 Å². The number of ether oxygens (including phenoxy) is 1. The molecule has 1 aliphatic rings. The summed E-state index contributed by atoms with van der Waals surface area (Å²) in [6, 6.07) is 4.98. The maximum absolute atomic E-state index is 12.0. The Hall–Kier alpha value is -2.04. The molecule has 0 unspecified atom stereocenters. The van der Waals surface area contributed by atoms with Crippen LogP contribution in [0.2, 0.25) is 0 Å². The Bertz CT molecular complexity index is 584. The lowest BCUT2D eigenvalue weighted by Gasteiger charge is -2.34. The van der Waals surface area contributed by atoms with Gasteiger partial charge in [0.05, 0.1) is 0 Å². The van der Waals surface area contributed by atoms with Crippen LogP contribution in [0.5, 0.6) is 5.75 Å². The number of benzene rings is 1. The summed E-state index contributed by atoms with van der Waals surface area (Å²) in [6.45, 7) is 5.71. The molecule has 23 heavy (non-hydrogen) atoms. The highest BCUT2D eigenvalue weighted by Gasteiger charge is 2.28. The lowest BCUT2D eigenvalue weighted by molar-refractivity contribution is -0.125. The minimum Gasteiger partial charge on any atom is -0.507 e. The van der Waals surface area contributed by atoms with Crippen LogP contribution in [0.1, 0.15) is 49.0 Å². The van der Waals surface area contributed by atoms with Crippen molar-refractivity contribution in [3.63, 3.8) is 0 Å². The standard InChI is InChI=1S/C18H25NO4/c1-11-6-5-9-15(13(11)3)19-16(20)10-23-18(22)14-8-4-7-12(2)17(14)21/h4,7-8,11,13,15,21H,5-6,9-10H2,1-3H3,(H,19,20)/t11-,13-,15+/m0/s1. The molecule has 0 bridgehead atoms. The largest absolute Gasteiger partial charge is 0.507 e. The van der Waals surface area contributed by atoms with Crippen LogP contribution < -0.4 is 5.32 Å². The fourth-order valence-electron chi connectivity index (χ4n) is 3.07. The molecule has 0 heterocycles. The summed E-state index contributed by atoms with van der Waals surface area (Å²) in [5, 5.41) is 12.8. The van der Waals surface area contributed by atoms with E-state index in [1.807, 2.05) is 0 Å². The SMILES string of the molecule is Cc1cccc(C(=O)OCC(=O)N[C@@H]2CCC[C@H](C)[C@@H]2C)c1O. The Morgan fingerprint density at radius 3 is 2.78 bits per heavy atom. The number of carbonyl (C=O) groups excluding carboxylic acids is 2. The molecule has 0 radical (unpaired) electrons. The summed E-state index contributed by atoms with van der Waals surface area (Å²) in [7, 11) is 0. The molecule has 1 saturated carbocycles. The summed E-state index contributed by atoms with van der Waals surface area (Å²) in [6.07, 6.45) is 3.26. The zero-order chi connectivity index (χ0) is 17.0. The van der Waals surface area contributed by atoms with Gasteiger partial charge < -0.3 is 15.2 Å². The number of para-hydroxylation sites is 1. The zero-order valence-corrected chi connectivity index (χ0v) is 14.0. The first-order chi connectivity index (χ1) is 10.9. The number of phenols is 1. The molecule has 0 aliphatic heterocycles. The fraction of sp³-hybridized carbons (Fsp3) is 0.556. The van der Waals surface area contributed by atoms with Gasteiger partial charge in [0.15, 0.2) is 6.61 Å². The van der Waals surface area contributed by atoms with Crippen molar-refractivity contribution in [3.8, 4) is 5.75 Å². The van der Waals surface area contributed by atoms with E-state index in [-0.39, 0.29) is 29.9 Å². The first-order valence-corrected chi connectivity index (χ1v) is 8.15. The minimum absolute atomic E-state index is 0.0810. The second-order valence-corrected chi connectivity index (χ2v) is 6.49. The Kier molecular flexibility index (Phi) is 5.64. The lowest BCUT2D eigenvalue weighted by Crippen LogP contribution is -2.45. The number of phenolic OH excluding ortho intramolecular Hbond substituents is 1. The summed E-state index contributed by atoms with van der Waals surface area (Å²) in [5.41, 5.74) is 0.673. The van der Waals surface area contributed by atoms with Gasteiger partial charge in [0.2, 0.25) is 0 Å². The third-order valence-electron chi connectivity index (χ3n) is 4.85. The van der Waals surface area contributed by atoms with Crippen LogP contribution in [0.25, 0.3) is 0 Å². The van der Waals surface area contributed by atoms with Gasteiger partial charge in [-0.1, -0.05) is 38.8 Å². The van der Waals surface area contributed by atoms with Gasteiger partial charge in [0.25, 0.3) is 5.91 Å². The van der Waals surface area contributed by atoms with Crippen molar-refractivity contribution in [2.75, 3.05) is 6.61 Å². The molecule has 126 valence electrons. The monoisotopic (exact) mass is 319 g/mol. The Balaban J connectivity index is 1.86. The smallest absolute Gasteiger partial charge is 0.342 e. The molecule has 2 N–H and O–H groups in total. The van der Waals surface area contributed by atoms with Crippen molar-refractivity contribution in [1.29, 1.82) is 0 Å². The van der Waals surface area contributed by atoms with Crippen LogP contribution >= 0.6 is 0 Å². The molecule has 1 aliphatic carbocycles. The molecule has 1 amide bonds. The van der Waals surface area contributed by atoms with E-state index >= 15 is 0 Å². The molecule has 5 heteroatoms. The van der Waals surface area contributed by atoms with E-state index in [2.05, 4.69) is 19.2 Å². The average molecular weight is 319 g/mol. The maximum atomic E-state index is 12.0. The van der Waals surface area contributed by atoms with Gasteiger partial charge >= 0.3 is 5.97 Å². The maximum Gasteiger partial charge on any atom is 0.342 e. The molecule has 0 spiro atoms. The second kappa shape index (κ2) is 7.49. The lowest BCUT2D eigenvalue weighted by atomic mass is 9.78. The van der Waals surface area contributed by atoms with Crippen molar-refractivity contribution in [1.82, 2.24) is 5.32 Å². The van der Waals surface area contributed by atoms with Gasteiger partial charge in [-0.15, -0.1) is 0 Å². The number of hydrogen-bond donors (Lipinski definition) is 2. The molecule has 1 aromatic rings. The van der Waals surface area contributed by atoms with E-state index in [0.717, 1.165) is 12.8 Å². The van der Waals surface area contributed by atoms with Crippen LogP contribution in [0.3, 0.4) is 0 Å². The second-order valence-electron chi connectivity index (χ2n) is 6.49. The third-order valence-corrected chi connectivity index (χ3v) is 4.85. The first kappa shape index (κ1) is 17.3. The summed E-state index contributed by atoms with van der Waals surface area (Å²) < 4.78 is 5.02. The van der Waals surface area contributed by atoms with Crippen molar-refractivity contribution < 1.29 is 19.4 Å². The molecule has 1 fully saturated rings. The van der Waals surface area contributed by atoms with E-state index in [9.17, 15) is 14.7 Å². The zero-order valence-electron chi connectivity index (χ0n) is 14.0. The van der Waals surface area contributed by atoms with Crippen molar-refractivity contribution in [2.45, 2.75) is 46.1 Å². The normalized spacial score (nSPS) is 24.0. The van der Waals surface area contributed by atoms with Crippen molar-refractivity contribution in [2.24, 2.45) is 11.8 Å². The molecule has 3 atom stereocenters. The van der Waals surface area contributed by atoms with Crippen LogP contribution in [0.15, 0.2) is 18.2 Å². The van der Waals surface area contributed by atoms with E-state index in [1.54, 1.807) is 19.1 Å². The van der Waals surface area contributed by atoms with Gasteiger partial charge in [-0.05, 0) is 36.8 Å². The van der Waals surface area contributed by atoms with Crippen LogP contribution in [0, 0.1) is 18.8 Å². The predicted octanol–water partition coefficient (Wildman–Crippen LogP) is 2.80. The summed E-state index contributed by atoms with van der Waals surface area (Å²) in [5.74, 6) is -0.0828. The molecule has 0 saturated heterocycles. The summed E-state index contributed by atoms with van der Waals surface area (Å²) >= 11 is 0. The minimum atomic E-state index is -0.689. The van der Waals surface area contributed by atoms with Gasteiger partial charge in [-0.25, -0.2) is 4.79 Å². The number of carbonyl (C=O) groups is 2. The number of esters is 1.